The van der Waals surface area contributed by atoms with Crippen LogP contribution in [0.2, 0.25) is 0 Å². The fourth-order valence-corrected chi connectivity index (χ4v) is 2.04. The Morgan fingerprint density at radius 3 is 2.56 bits per heavy atom. The summed E-state index contributed by atoms with van der Waals surface area (Å²) in [7, 11) is 0. The van der Waals surface area contributed by atoms with E-state index in [-0.39, 0.29) is 12.5 Å². The summed E-state index contributed by atoms with van der Waals surface area (Å²) >= 11 is 0. The molecule has 0 aliphatic heterocycles. The van der Waals surface area contributed by atoms with Gasteiger partial charge in [-0.05, 0) is 18.8 Å². The normalized spacial score (nSPS) is 18.9. The molecule has 0 aromatic rings. The number of carbonyl (C=O) groups is 1. The maximum Gasteiger partial charge on any atom is 0.411 e. The van der Waals surface area contributed by atoms with Gasteiger partial charge in [0, 0.05) is 6.54 Å². The Bertz CT molecular complexity index is 265. The average molecular weight is 269 g/mol. The van der Waals surface area contributed by atoms with Gasteiger partial charge in [0.25, 0.3) is 0 Å². The molecule has 0 heterocycles. The monoisotopic (exact) mass is 269 g/mol. The van der Waals surface area contributed by atoms with Crippen LogP contribution in [0.15, 0.2) is 0 Å². The zero-order chi connectivity index (χ0) is 13.6. The molecule has 1 aliphatic rings. The van der Waals surface area contributed by atoms with Crippen molar-refractivity contribution in [2.75, 3.05) is 19.8 Å². The van der Waals surface area contributed by atoms with Crippen LogP contribution >= 0.6 is 0 Å². The molecule has 0 spiro atoms. The fourth-order valence-electron chi connectivity index (χ4n) is 2.04. The van der Waals surface area contributed by atoms with E-state index < -0.39 is 31.4 Å². The number of hydrogen-bond donors (Lipinski definition) is 2. The molecule has 1 atom stereocenters. The van der Waals surface area contributed by atoms with E-state index in [9.17, 15) is 23.1 Å². The number of rotatable bonds is 6. The Morgan fingerprint density at radius 1 is 1.39 bits per heavy atom. The molecule has 1 saturated carbocycles. The lowest BCUT2D eigenvalue weighted by Gasteiger charge is -2.18. The third-order valence-corrected chi connectivity index (χ3v) is 2.95. The molecule has 1 unspecified atom stereocenters. The van der Waals surface area contributed by atoms with E-state index in [1.54, 1.807) is 0 Å². The van der Waals surface area contributed by atoms with Gasteiger partial charge >= 0.3 is 6.18 Å². The topological polar surface area (TPSA) is 58.6 Å². The van der Waals surface area contributed by atoms with Crippen molar-refractivity contribution in [3.8, 4) is 0 Å². The lowest BCUT2D eigenvalue weighted by Crippen LogP contribution is -2.37. The third kappa shape index (κ3) is 6.20. The van der Waals surface area contributed by atoms with Gasteiger partial charge in [-0.2, -0.15) is 13.2 Å². The highest BCUT2D eigenvalue weighted by Gasteiger charge is 2.28. The molecular formula is C11H18F3NO3. The van der Waals surface area contributed by atoms with E-state index in [0.29, 0.717) is 0 Å². The molecule has 2 N–H and O–H groups in total. The summed E-state index contributed by atoms with van der Waals surface area (Å²) in [6, 6.07) is 0. The number of halogens is 3. The van der Waals surface area contributed by atoms with Crippen molar-refractivity contribution in [1.29, 1.82) is 0 Å². The Morgan fingerprint density at radius 2 is 2.00 bits per heavy atom. The molecule has 1 amide bonds. The van der Waals surface area contributed by atoms with Gasteiger partial charge in [-0.15, -0.1) is 0 Å². The van der Waals surface area contributed by atoms with Crippen molar-refractivity contribution >= 4 is 5.91 Å². The average Bonchev–Trinajstić information content (AvgIpc) is 2.77. The number of alkyl halides is 3. The second kappa shape index (κ2) is 6.94. The highest BCUT2D eigenvalue weighted by molar-refractivity contribution is 5.77. The molecule has 18 heavy (non-hydrogen) atoms. The number of ether oxygens (including phenoxy) is 1. The van der Waals surface area contributed by atoms with Crippen LogP contribution < -0.4 is 5.32 Å². The molecule has 4 nitrogen and oxygen atoms in total. The minimum Gasteiger partial charge on any atom is -0.391 e. The lowest BCUT2D eigenvalue weighted by atomic mass is 10.0. The number of aliphatic hydroxyl groups is 1. The highest BCUT2D eigenvalue weighted by atomic mass is 19.4. The van der Waals surface area contributed by atoms with Gasteiger partial charge in [0.05, 0.1) is 6.10 Å². The molecule has 1 fully saturated rings. The van der Waals surface area contributed by atoms with Crippen LogP contribution in [-0.4, -0.2) is 43.1 Å². The van der Waals surface area contributed by atoms with Crippen LogP contribution in [0.25, 0.3) is 0 Å². The summed E-state index contributed by atoms with van der Waals surface area (Å²) in [6.07, 6.45) is -1.04. The number of nitrogens with one attached hydrogen (secondary N) is 1. The number of amides is 1. The SMILES string of the molecule is O=C(COCC(F)(F)F)NCC(O)C1CCCC1. The van der Waals surface area contributed by atoms with E-state index >= 15 is 0 Å². The summed E-state index contributed by atoms with van der Waals surface area (Å²) in [5.41, 5.74) is 0. The first-order valence-corrected chi connectivity index (χ1v) is 5.98. The Kier molecular flexibility index (Phi) is 5.87. The molecule has 106 valence electrons. The van der Waals surface area contributed by atoms with Crippen LogP contribution in [0.3, 0.4) is 0 Å². The fraction of sp³-hybridized carbons (Fsp3) is 0.909. The summed E-state index contributed by atoms with van der Waals surface area (Å²) in [5, 5.41) is 12.1. The molecule has 1 rings (SSSR count). The first-order valence-electron chi connectivity index (χ1n) is 5.98. The van der Waals surface area contributed by atoms with E-state index in [0.717, 1.165) is 25.7 Å². The number of hydrogen-bond acceptors (Lipinski definition) is 3. The van der Waals surface area contributed by atoms with Crippen LogP contribution in [0.1, 0.15) is 25.7 Å². The van der Waals surface area contributed by atoms with Gasteiger partial charge in [-0.25, -0.2) is 0 Å². The number of aliphatic hydroxyl groups excluding tert-OH is 1. The maximum absolute atomic E-state index is 11.7. The van der Waals surface area contributed by atoms with Gasteiger partial charge in [-0.1, -0.05) is 12.8 Å². The van der Waals surface area contributed by atoms with Crippen LogP contribution in [-0.2, 0) is 9.53 Å². The largest absolute Gasteiger partial charge is 0.411 e. The van der Waals surface area contributed by atoms with Crippen molar-refractivity contribution in [2.45, 2.75) is 38.0 Å². The first-order chi connectivity index (χ1) is 8.38. The van der Waals surface area contributed by atoms with Crippen LogP contribution in [0.5, 0.6) is 0 Å². The second-order valence-corrected chi connectivity index (χ2v) is 4.52. The molecule has 0 bridgehead atoms. The van der Waals surface area contributed by atoms with Crippen molar-refractivity contribution in [3.63, 3.8) is 0 Å². The third-order valence-electron chi connectivity index (χ3n) is 2.95. The Labute approximate surface area is 103 Å². The zero-order valence-corrected chi connectivity index (χ0v) is 10.0. The van der Waals surface area contributed by atoms with E-state index in [2.05, 4.69) is 10.1 Å². The van der Waals surface area contributed by atoms with Gasteiger partial charge in [0.15, 0.2) is 0 Å². The highest BCUT2D eigenvalue weighted by Crippen LogP contribution is 2.27. The summed E-state index contributed by atoms with van der Waals surface area (Å²) in [4.78, 5) is 11.1. The standard InChI is InChI=1S/C11H18F3NO3/c12-11(13,14)7-18-6-10(17)15-5-9(16)8-3-1-2-4-8/h8-9,16H,1-7H2,(H,15,17). The molecule has 0 saturated heterocycles. The summed E-state index contributed by atoms with van der Waals surface area (Å²) in [6.45, 7) is -2.01. The summed E-state index contributed by atoms with van der Waals surface area (Å²) in [5.74, 6) is -0.460. The predicted octanol–water partition coefficient (Wildman–Crippen LogP) is 1.23. The lowest BCUT2D eigenvalue weighted by molar-refractivity contribution is -0.175. The molecule has 0 aromatic heterocycles. The van der Waals surface area contributed by atoms with E-state index in [1.807, 2.05) is 0 Å². The second-order valence-electron chi connectivity index (χ2n) is 4.52. The van der Waals surface area contributed by atoms with Gasteiger partial charge in [0.1, 0.15) is 13.2 Å². The van der Waals surface area contributed by atoms with Gasteiger partial charge < -0.3 is 15.2 Å². The van der Waals surface area contributed by atoms with Gasteiger partial charge in [-0.3, -0.25) is 4.79 Å². The molecule has 0 radical (unpaired) electrons. The maximum atomic E-state index is 11.7. The Balaban J connectivity index is 2.09. The van der Waals surface area contributed by atoms with Crippen molar-refractivity contribution < 1.29 is 27.8 Å². The quantitative estimate of drug-likeness (QED) is 0.762. The van der Waals surface area contributed by atoms with E-state index in [1.165, 1.54) is 0 Å². The molecule has 1 aliphatic carbocycles. The number of carbonyl (C=O) groups excluding carboxylic acids is 1. The zero-order valence-electron chi connectivity index (χ0n) is 10.0. The van der Waals surface area contributed by atoms with Crippen molar-refractivity contribution in [1.82, 2.24) is 5.32 Å². The summed E-state index contributed by atoms with van der Waals surface area (Å²) < 4.78 is 39.4. The molecule has 0 aromatic carbocycles. The first kappa shape index (κ1) is 15.2. The predicted molar refractivity (Wildman–Crippen MR) is 57.8 cm³/mol. The van der Waals surface area contributed by atoms with Gasteiger partial charge in [0.2, 0.25) is 5.91 Å². The van der Waals surface area contributed by atoms with Crippen molar-refractivity contribution in [2.24, 2.45) is 5.92 Å². The smallest absolute Gasteiger partial charge is 0.391 e. The van der Waals surface area contributed by atoms with E-state index in [4.69, 9.17) is 0 Å². The molecule has 7 heteroatoms. The van der Waals surface area contributed by atoms with Crippen LogP contribution in [0, 0.1) is 5.92 Å². The van der Waals surface area contributed by atoms with Crippen molar-refractivity contribution in [3.05, 3.63) is 0 Å². The van der Waals surface area contributed by atoms with Crippen LogP contribution in [0.4, 0.5) is 13.2 Å². The molecular weight excluding hydrogens is 251 g/mol. The minimum absolute atomic E-state index is 0.0683. The Hall–Kier alpha value is -0.820. The minimum atomic E-state index is -4.43.